The number of carbonyl (C=O) groups is 1. The minimum absolute atomic E-state index is 0.243. The zero-order valence-corrected chi connectivity index (χ0v) is 10.9. The maximum atomic E-state index is 12.0. The van der Waals surface area contributed by atoms with E-state index in [0.717, 1.165) is 38.3 Å². The predicted octanol–water partition coefficient (Wildman–Crippen LogP) is -0.553. The lowest BCUT2D eigenvalue weighted by molar-refractivity contribution is 0.0658. The number of hydrazine groups is 1. The largest absolute Gasteiger partial charge is 0.395 e. The molecule has 7 heteroatoms. The minimum atomic E-state index is -0.243. The monoisotopic (exact) mass is 252 g/mol. The second kappa shape index (κ2) is 5.36. The molecule has 0 bridgehead atoms. The van der Waals surface area contributed by atoms with E-state index in [1.165, 1.54) is 0 Å². The number of piperazine rings is 1. The van der Waals surface area contributed by atoms with E-state index in [1.807, 2.05) is 11.9 Å². The van der Waals surface area contributed by atoms with Gasteiger partial charge in [0.2, 0.25) is 0 Å². The van der Waals surface area contributed by atoms with Crippen molar-refractivity contribution in [1.29, 1.82) is 0 Å². The first kappa shape index (κ1) is 12.8. The summed E-state index contributed by atoms with van der Waals surface area (Å²) in [5.74, 6) is -0.243. The minimum Gasteiger partial charge on any atom is -0.395 e. The SMILES string of the molecule is CCc1[nH]nc(C(=O)NN2CCN(C)CC2)c1N. The molecule has 2 rings (SSSR count). The number of carbonyl (C=O) groups excluding carboxylic acids is 1. The van der Waals surface area contributed by atoms with E-state index in [-0.39, 0.29) is 11.6 Å². The zero-order chi connectivity index (χ0) is 13.1. The molecule has 0 radical (unpaired) electrons. The normalized spacial score (nSPS) is 17.9. The number of nitrogen functional groups attached to an aromatic ring is 1. The summed E-state index contributed by atoms with van der Waals surface area (Å²) in [4.78, 5) is 14.2. The van der Waals surface area contributed by atoms with Gasteiger partial charge in [-0.1, -0.05) is 6.92 Å². The Morgan fingerprint density at radius 3 is 2.67 bits per heavy atom. The Morgan fingerprint density at radius 1 is 1.44 bits per heavy atom. The summed E-state index contributed by atoms with van der Waals surface area (Å²) in [7, 11) is 2.07. The molecule has 0 aliphatic carbocycles. The number of anilines is 1. The number of aromatic amines is 1. The summed E-state index contributed by atoms with van der Waals surface area (Å²) in [6.07, 6.45) is 0.737. The second-order valence-corrected chi connectivity index (χ2v) is 4.55. The molecule has 0 unspecified atom stereocenters. The number of H-pyrrole nitrogens is 1. The molecule has 1 aliphatic rings. The number of nitrogens with two attached hydrogens (primary N) is 1. The first-order valence-electron chi connectivity index (χ1n) is 6.19. The van der Waals surface area contributed by atoms with Gasteiger partial charge in [-0.05, 0) is 13.5 Å². The van der Waals surface area contributed by atoms with Gasteiger partial charge in [0, 0.05) is 26.2 Å². The summed E-state index contributed by atoms with van der Waals surface area (Å²) in [5.41, 5.74) is 10.2. The maximum Gasteiger partial charge on any atom is 0.288 e. The number of likely N-dealkylation sites (N-methyl/N-ethyl adjacent to an activating group) is 1. The highest BCUT2D eigenvalue weighted by molar-refractivity contribution is 5.97. The van der Waals surface area contributed by atoms with Crippen LogP contribution in [0.25, 0.3) is 0 Å². The maximum absolute atomic E-state index is 12.0. The van der Waals surface area contributed by atoms with Crippen molar-refractivity contribution in [3.63, 3.8) is 0 Å². The van der Waals surface area contributed by atoms with E-state index in [0.29, 0.717) is 5.69 Å². The van der Waals surface area contributed by atoms with Crippen LogP contribution in [0.15, 0.2) is 0 Å². The first-order chi connectivity index (χ1) is 8.61. The Bertz CT molecular complexity index is 421. The highest BCUT2D eigenvalue weighted by atomic mass is 16.2. The number of aromatic nitrogens is 2. The molecule has 0 aromatic carbocycles. The number of hydrogen-bond donors (Lipinski definition) is 3. The van der Waals surface area contributed by atoms with Crippen molar-refractivity contribution in [3.05, 3.63) is 11.4 Å². The summed E-state index contributed by atoms with van der Waals surface area (Å²) in [6.45, 7) is 5.47. The van der Waals surface area contributed by atoms with E-state index in [4.69, 9.17) is 5.73 Å². The third kappa shape index (κ3) is 2.62. The van der Waals surface area contributed by atoms with Gasteiger partial charge in [0.25, 0.3) is 5.91 Å². The summed E-state index contributed by atoms with van der Waals surface area (Å²) in [5, 5.41) is 8.66. The van der Waals surface area contributed by atoms with Crippen LogP contribution in [-0.2, 0) is 6.42 Å². The van der Waals surface area contributed by atoms with Crippen LogP contribution in [-0.4, -0.2) is 59.2 Å². The Labute approximate surface area is 106 Å². The fourth-order valence-corrected chi connectivity index (χ4v) is 1.94. The lowest BCUT2D eigenvalue weighted by Crippen LogP contribution is -2.52. The lowest BCUT2D eigenvalue weighted by Gasteiger charge is -2.32. The fourth-order valence-electron chi connectivity index (χ4n) is 1.94. The molecule has 2 heterocycles. The summed E-state index contributed by atoms with van der Waals surface area (Å²) in [6, 6.07) is 0. The van der Waals surface area contributed by atoms with Gasteiger partial charge < -0.3 is 10.6 Å². The van der Waals surface area contributed by atoms with Crippen LogP contribution in [0.2, 0.25) is 0 Å². The Balaban J connectivity index is 1.97. The van der Waals surface area contributed by atoms with E-state index >= 15 is 0 Å². The molecular weight excluding hydrogens is 232 g/mol. The number of hydrogen-bond acceptors (Lipinski definition) is 5. The highest BCUT2D eigenvalue weighted by Crippen LogP contribution is 2.14. The number of nitrogens with one attached hydrogen (secondary N) is 2. The molecular formula is C11H20N6O. The molecule has 0 atom stereocenters. The van der Waals surface area contributed by atoms with Crippen molar-refractivity contribution < 1.29 is 4.79 Å². The number of rotatable bonds is 3. The Morgan fingerprint density at radius 2 is 2.11 bits per heavy atom. The molecule has 7 nitrogen and oxygen atoms in total. The molecule has 1 saturated heterocycles. The van der Waals surface area contributed by atoms with Crippen LogP contribution in [0.3, 0.4) is 0 Å². The van der Waals surface area contributed by atoms with Gasteiger partial charge in [0.15, 0.2) is 5.69 Å². The van der Waals surface area contributed by atoms with Gasteiger partial charge in [-0.15, -0.1) is 0 Å². The predicted molar refractivity (Wildman–Crippen MR) is 68.9 cm³/mol. The van der Waals surface area contributed by atoms with E-state index in [2.05, 4.69) is 27.6 Å². The number of aryl methyl sites for hydroxylation is 1. The van der Waals surface area contributed by atoms with Crippen LogP contribution < -0.4 is 11.2 Å². The van der Waals surface area contributed by atoms with Crippen LogP contribution in [0.1, 0.15) is 23.1 Å². The van der Waals surface area contributed by atoms with Gasteiger partial charge >= 0.3 is 0 Å². The molecule has 100 valence electrons. The third-order valence-corrected chi connectivity index (χ3v) is 3.21. The highest BCUT2D eigenvalue weighted by Gasteiger charge is 2.20. The van der Waals surface area contributed by atoms with E-state index < -0.39 is 0 Å². The molecule has 1 aromatic heterocycles. The smallest absolute Gasteiger partial charge is 0.288 e. The van der Waals surface area contributed by atoms with Crippen molar-refractivity contribution >= 4 is 11.6 Å². The molecule has 1 aliphatic heterocycles. The Hall–Kier alpha value is -1.60. The second-order valence-electron chi connectivity index (χ2n) is 4.55. The van der Waals surface area contributed by atoms with E-state index in [9.17, 15) is 4.79 Å². The van der Waals surface area contributed by atoms with Crippen molar-refractivity contribution in [3.8, 4) is 0 Å². The first-order valence-corrected chi connectivity index (χ1v) is 6.19. The number of nitrogens with zero attached hydrogens (tertiary/aromatic N) is 3. The van der Waals surface area contributed by atoms with Gasteiger partial charge in [-0.3, -0.25) is 15.3 Å². The average molecular weight is 252 g/mol. The topological polar surface area (TPSA) is 90.3 Å². The molecule has 4 N–H and O–H groups in total. The van der Waals surface area contributed by atoms with Crippen LogP contribution in [0.5, 0.6) is 0 Å². The van der Waals surface area contributed by atoms with Gasteiger partial charge in [0.05, 0.1) is 11.4 Å². The number of amides is 1. The van der Waals surface area contributed by atoms with Crippen LogP contribution in [0, 0.1) is 0 Å². The molecule has 0 saturated carbocycles. The molecule has 0 spiro atoms. The van der Waals surface area contributed by atoms with Crippen molar-refractivity contribution in [2.45, 2.75) is 13.3 Å². The van der Waals surface area contributed by atoms with Crippen LogP contribution >= 0.6 is 0 Å². The standard InChI is InChI=1S/C11H20N6O/c1-3-8-9(12)10(14-13-8)11(18)15-17-6-4-16(2)5-7-17/h3-7,12H2,1-2H3,(H,13,14)(H,15,18). The quantitative estimate of drug-likeness (QED) is 0.671. The van der Waals surface area contributed by atoms with Crippen molar-refractivity contribution in [1.82, 2.24) is 25.5 Å². The van der Waals surface area contributed by atoms with Gasteiger partial charge in [0.1, 0.15) is 0 Å². The lowest BCUT2D eigenvalue weighted by atomic mass is 10.2. The van der Waals surface area contributed by atoms with Crippen LogP contribution in [0.4, 0.5) is 5.69 Å². The zero-order valence-electron chi connectivity index (χ0n) is 10.9. The van der Waals surface area contributed by atoms with Gasteiger partial charge in [-0.2, -0.15) is 5.10 Å². The summed E-state index contributed by atoms with van der Waals surface area (Å²) < 4.78 is 0. The fraction of sp³-hybridized carbons (Fsp3) is 0.636. The molecule has 1 fully saturated rings. The van der Waals surface area contributed by atoms with Crippen molar-refractivity contribution in [2.75, 3.05) is 39.0 Å². The van der Waals surface area contributed by atoms with Gasteiger partial charge in [-0.25, -0.2) is 5.01 Å². The van der Waals surface area contributed by atoms with Crippen molar-refractivity contribution in [2.24, 2.45) is 0 Å². The molecule has 1 aromatic rings. The molecule has 18 heavy (non-hydrogen) atoms. The average Bonchev–Trinajstić information content (AvgIpc) is 2.73. The van der Waals surface area contributed by atoms with E-state index in [1.54, 1.807) is 0 Å². The Kier molecular flexibility index (Phi) is 3.83. The summed E-state index contributed by atoms with van der Waals surface area (Å²) >= 11 is 0. The third-order valence-electron chi connectivity index (χ3n) is 3.21. The molecule has 1 amide bonds.